The maximum Gasteiger partial charge on any atom is 0.433 e. The molecule has 1 N–H and O–H groups in total. The van der Waals surface area contributed by atoms with Crippen molar-refractivity contribution in [3.63, 3.8) is 0 Å². The maximum absolute atomic E-state index is 14.3. The zero-order chi connectivity index (χ0) is 28.6. The van der Waals surface area contributed by atoms with Gasteiger partial charge in [-0.15, -0.1) is 0 Å². The molecule has 3 rings (SSSR count). The van der Waals surface area contributed by atoms with Crippen molar-refractivity contribution in [1.29, 1.82) is 0 Å². The summed E-state index contributed by atoms with van der Waals surface area (Å²) in [5.74, 6) is -3.20. The number of hydrogen-bond donors (Lipinski definition) is 1. The summed E-state index contributed by atoms with van der Waals surface area (Å²) in [6.07, 6.45) is -3.24. The highest BCUT2D eigenvalue weighted by molar-refractivity contribution is 6.40. The fourth-order valence-corrected chi connectivity index (χ4v) is 5.61. The molecule has 12 heteroatoms. The van der Waals surface area contributed by atoms with Gasteiger partial charge in [-0.1, -0.05) is 44.0 Å². The molecule has 0 unspecified atom stereocenters. The van der Waals surface area contributed by atoms with Gasteiger partial charge >= 0.3 is 12.1 Å². The second kappa shape index (κ2) is 11.3. The zero-order valence-electron chi connectivity index (χ0n) is 21.5. The lowest BCUT2D eigenvalue weighted by Crippen LogP contribution is -2.42. The van der Waals surface area contributed by atoms with E-state index in [1.807, 2.05) is 0 Å². The Morgan fingerprint density at radius 1 is 1.08 bits per heavy atom. The molecular formula is C26H30Cl2F3N3O4. The fraction of sp³-hybridized carbons (Fsp3) is 0.538. The Balaban J connectivity index is 1.98. The van der Waals surface area contributed by atoms with Crippen molar-refractivity contribution in [2.75, 3.05) is 13.1 Å². The molecule has 1 fully saturated rings. The van der Waals surface area contributed by atoms with Gasteiger partial charge in [0.2, 0.25) is 0 Å². The number of benzene rings is 1. The largest absolute Gasteiger partial charge is 0.481 e. The minimum atomic E-state index is -4.91. The van der Waals surface area contributed by atoms with Gasteiger partial charge in [0, 0.05) is 6.54 Å². The van der Waals surface area contributed by atoms with Crippen LogP contribution in [0.2, 0.25) is 10.0 Å². The standard InChI is InChI=1S/C26H30Cl2F3N3O4/c1-14-9-18(27)21(19(28)10-14)20(35)12-33(13-25(2,3)4)23(36)17-11-32-34(22(17)26(29,30)31)16-7-5-15(6-8-16)24(37)38/h9-11,15-16H,5-8,12-13H2,1-4H3,(H,37,38). The van der Waals surface area contributed by atoms with E-state index in [1.165, 1.54) is 0 Å². The van der Waals surface area contributed by atoms with Crippen LogP contribution in [-0.4, -0.2) is 50.5 Å². The SMILES string of the molecule is Cc1cc(Cl)c(C(=O)CN(CC(C)(C)C)C(=O)c2cnn(C3CCC(C(=O)O)CC3)c2C(F)(F)F)c(Cl)c1. The number of rotatable bonds is 7. The second-order valence-corrected chi connectivity index (χ2v) is 11.8. The molecule has 208 valence electrons. The van der Waals surface area contributed by atoms with Gasteiger partial charge in [-0.3, -0.25) is 19.1 Å². The number of amides is 1. The predicted octanol–water partition coefficient (Wildman–Crippen LogP) is 6.70. The highest BCUT2D eigenvalue weighted by Gasteiger charge is 2.43. The third-order valence-electron chi connectivity index (χ3n) is 6.44. The summed E-state index contributed by atoms with van der Waals surface area (Å²) in [6, 6.07) is 2.38. The molecule has 0 saturated heterocycles. The molecule has 1 aliphatic rings. The Morgan fingerprint density at radius 3 is 2.11 bits per heavy atom. The lowest BCUT2D eigenvalue weighted by Gasteiger charge is -2.30. The molecule has 1 amide bonds. The third-order valence-corrected chi connectivity index (χ3v) is 7.03. The summed E-state index contributed by atoms with van der Waals surface area (Å²) < 4.78 is 43.7. The lowest BCUT2D eigenvalue weighted by atomic mass is 9.86. The summed E-state index contributed by atoms with van der Waals surface area (Å²) in [7, 11) is 0. The normalized spacial score (nSPS) is 18.3. The van der Waals surface area contributed by atoms with E-state index in [1.54, 1.807) is 39.8 Å². The van der Waals surface area contributed by atoms with Crippen LogP contribution < -0.4 is 0 Å². The monoisotopic (exact) mass is 575 g/mol. The molecule has 0 aliphatic heterocycles. The number of carboxylic acids is 1. The number of ketones is 1. The van der Waals surface area contributed by atoms with Crippen molar-refractivity contribution < 1.29 is 32.7 Å². The quantitative estimate of drug-likeness (QED) is 0.370. The summed E-state index contributed by atoms with van der Waals surface area (Å²) in [5.41, 5.74) is -1.72. The fourth-order valence-electron chi connectivity index (χ4n) is 4.81. The average molecular weight is 576 g/mol. The number of alkyl halides is 3. The van der Waals surface area contributed by atoms with E-state index in [4.69, 9.17) is 23.2 Å². The molecule has 38 heavy (non-hydrogen) atoms. The first-order valence-corrected chi connectivity index (χ1v) is 12.9. The molecule has 2 aromatic rings. The Hall–Kier alpha value is -2.59. The Labute approximate surface area is 228 Å². The van der Waals surface area contributed by atoms with Crippen molar-refractivity contribution in [3.8, 4) is 0 Å². The van der Waals surface area contributed by atoms with Crippen LogP contribution >= 0.6 is 23.2 Å². The molecule has 0 spiro atoms. The van der Waals surface area contributed by atoms with Gasteiger partial charge in [0.25, 0.3) is 5.91 Å². The number of Topliss-reactive ketones (excluding diaryl/α,β-unsaturated/α-hetero) is 1. The van der Waals surface area contributed by atoms with E-state index in [0.717, 1.165) is 21.3 Å². The molecule has 1 heterocycles. The zero-order valence-corrected chi connectivity index (χ0v) is 23.0. The molecule has 1 saturated carbocycles. The van der Waals surface area contributed by atoms with Crippen LogP contribution in [0.25, 0.3) is 0 Å². The minimum absolute atomic E-state index is 0.00688. The predicted molar refractivity (Wildman–Crippen MR) is 137 cm³/mol. The summed E-state index contributed by atoms with van der Waals surface area (Å²) in [6.45, 7) is 6.55. The number of hydrogen-bond acceptors (Lipinski definition) is 4. The van der Waals surface area contributed by atoms with Crippen molar-refractivity contribution >= 4 is 40.9 Å². The van der Waals surface area contributed by atoms with Crippen molar-refractivity contribution in [2.24, 2.45) is 11.3 Å². The van der Waals surface area contributed by atoms with Crippen LogP contribution in [-0.2, 0) is 11.0 Å². The summed E-state index contributed by atoms with van der Waals surface area (Å²) >= 11 is 12.5. The van der Waals surface area contributed by atoms with E-state index in [2.05, 4.69) is 5.10 Å². The van der Waals surface area contributed by atoms with Gasteiger partial charge in [0.15, 0.2) is 11.5 Å². The van der Waals surface area contributed by atoms with Gasteiger partial charge in [-0.25, -0.2) is 0 Å². The molecule has 0 atom stereocenters. The highest BCUT2D eigenvalue weighted by Crippen LogP contribution is 2.39. The van der Waals surface area contributed by atoms with Crippen LogP contribution in [0.15, 0.2) is 18.3 Å². The van der Waals surface area contributed by atoms with Crippen LogP contribution in [0, 0.1) is 18.3 Å². The Bertz CT molecular complexity index is 1210. The highest BCUT2D eigenvalue weighted by atomic mass is 35.5. The van der Waals surface area contributed by atoms with Crippen molar-refractivity contribution in [3.05, 3.63) is 50.8 Å². The number of nitrogens with zero attached hydrogens (tertiary/aromatic N) is 3. The number of carbonyl (C=O) groups excluding carboxylic acids is 2. The molecule has 1 aromatic carbocycles. The molecule has 0 bridgehead atoms. The van der Waals surface area contributed by atoms with Crippen LogP contribution in [0.5, 0.6) is 0 Å². The summed E-state index contributed by atoms with van der Waals surface area (Å²) in [4.78, 5) is 39.1. The van der Waals surface area contributed by atoms with Gasteiger partial charge in [-0.2, -0.15) is 18.3 Å². The second-order valence-electron chi connectivity index (χ2n) is 10.9. The molecule has 1 aliphatic carbocycles. The van der Waals surface area contributed by atoms with Crippen molar-refractivity contribution in [1.82, 2.24) is 14.7 Å². The van der Waals surface area contributed by atoms with Crippen LogP contribution in [0.3, 0.4) is 0 Å². The topological polar surface area (TPSA) is 92.5 Å². The minimum Gasteiger partial charge on any atom is -0.481 e. The van der Waals surface area contributed by atoms with Crippen LogP contribution in [0.1, 0.15) is 84.5 Å². The van der Waals surface area contributed by atoms with E-state index in [9.17, 15) is 32.7 Å². The van der Waals surface area contributed by atoms with E-state index >= 15 is 0 Å². The first-order valence-electron chi connectivity index (χ1n) is 12.1. The van der Waals surface area contributed by atoms with E-state index in [-0.39, 0.29) is 47.8 Å². The number of aliphatic carboxylic acids is 1. The maximum atomic E-state index is 14.3. The Kier molecular flexibility index (Phi) is 8.88. The number of aromatic nitrogens is 2. The number of aryl methyl sites for hydroxylation is 1. The smallest absolute Gasteiger partial charge is 0.433 e. The van der Waals surface area contributed by atoms with Gasteiger partial charge in [0.1, 0.15) is 0 Å². The third kappa shape index (κ3) is 6.88. The van der Waals surface area contributed by atoms with E-state index < -0.39 is 59.0 Å². The first kappa shape index (κ1) is 30.0. The van der Waals surface area contributed by atoms with Crippen molar-refractivity contribution in [2.45, 2.75) is 65.6 Å². The van der Waals surface area contributed by atoms with Gasteiger partial charge < -0.3 is 10.0 Å². The van der Waals surface area contributed by atoms with Crippen LogP contribution in [0.4, 0.5) is 13.2 Å². The number of halogens is 5. The van der Waals surface area contributed by atoms with E-state index in [0.29, 0.717) is 0 Å². The molecule has 1 aromatic heterocycles. The Morgan fingerprint density at radius 2 is 1.63 bits per heavy atom. The number of carbonyl (C=O) groups is 3. The summed E-state index contributed by atoms with van der Waals surface area (Å²) in [5, 5.41) is 13.3. The number of carboxylic acid groups (broad SMARTS) is 1. The lowest BCUT2D eigenvalue weighted by molar-refractivity contribution is -0.147. The average Bonchev–Trinajstić information content (AvgIpc) is 3.22. The van der Waals surface area contributed by atoms with Gasteiger partial charge in [0.05, 0.1) is 45.9 Å². The first-order chi connectivity index (χ1) is 17.5. The molecule has 7 nitrogen and oxygen atoms in total. The van der Waals surface area contributed by atoms with Gasteiger partial charge in [-0.05, 0) is 55.7 Å². The molecular weight excluding hydrogens is 546 g/mol. The molecule has 0 radical (unpaired) electrons.